The molecule has 7 rings (SSSR count). The number of piperidine rings is 1. The van der Waals surface area contributed by atoms with Crippen LogP contribution in [0.5, 0.6) is 23.0 Å². The minimum Gasteiger partial charge on any atom is -0.488 e. The quantitative estimate of drug-likeness (QED) is 0.0931. The normalized spacial score (nSPS) is 13.7. The van der Waals surface area contributed by atoms with Crippen molar-refractivity contribution in [1.82, 2.24) is 14.9 Å². The summed E-state index contributed by atoms with van der Waals surface area (Å²) in [6.45, 7) is 8.74. The van der Waals surface area contributed by atoms with Crippen LogP contribution in [0.3, 0.4) is 0 Å². The number of hydrogen-bond donors (Lipinski definition) is 1. The highest BCUT2D eigenvalue weighted by atomic mass is 35.5. The number of nitriles is 2. The number of ether oxygens (including phenoxy) is 4. The highest BCUT2D eigenvalue weighted by Gasteiger charge is 2.26. The third-order valence-electron chi connectivity index (χ3n) is 11.4. The fourth-order valence-electron chi connectivity index (χ4n) is 7.84. The molecule has 64 heavy (non-hydrogen) atoms. The number of pyridine rings is 2. The topological polar surface area (TPSA) is 151 Å². The van der Waals surface area contributed by atoms with Crippen molar-refractivity contribution < 1.29 is 28.8 Å². The second-order valence-corrected chi connectivity index (χ2v) is 16.6. The zero-order valence-electron chi connectivity index (χ0n) is 35.9. The van der Waals surface area contributed by atoms with E-state index in [4.69, 9.17) is 42.1 Å². The van der Waals surface area contributed by atoms with Gasteiger partial charge in [-0.2, -0.15) is 10.5 Å². The van der Waals surface area contributed by atoms with Crippen molar-refractivity contribution in [2.24, 2.45) is 5.92 Å². The first-order valence-electron chi connectivity index (χ1n) is 21.0. The van der Waals surface area contributed by atoms with Crippen molar-refractivity contribution >= 4 is 29.2 Å². The molecule has 6 aromatic rings. The van der Waals surface area contributed by atoms with Crippen LogP contribution in [0.25, 0.3) is 11.1 Å². The Hall–Kier alpha value is -6.63. The van der Waals surface area contributed by atoms with Gasteiger partial charge < -0.3 is 24.1 Å². The number of carbonyl (C=O) groups is 1. The van der Waals surface area contributed by atoms with Crippen molar-refractivity contribution in [2.45, 2.75) is 73.0 Å². The van der Waals surface area contributed by atoms with E-state index in [2.05, 4.69) is 53.0 Å². The van der Waals surface area contributed by atoms with Crippen LogP contribution in [0, 0.1) is 42.4 Å². The first kappa shape index (κ1) is 45.4. The maximum absolute atomic E-state index is 11.8. The molecule has 0 radical (unpaired) electrons. The van der Waals surface area contributed by atoms with E-state index in [1.807, 2.05) is 49.4 Å². The maximum atomic E-state index is 11.8. The van der Waals surface area contributed by atoms with Gasteiger partial charge in [-0.3, -0.25) is 19.7 Å². The summed E-state index contributed by atoms with van der Waals surface area (Å²) in [5.74, 6) is 0.916. The van der Waals surface area contributed by atoms with Crippen LogP contribution in [0.1, 0.15) is 75.4 Å². The molecule has 1 fully saturated rings. The lowest BCUT2D eigenvalue weighted by molar-refractivity contribution is -0.143. The van der Waals surface area contributed by atoms with Gasteiger partial charge >= 0.3 is 5.97 Å². The Morgan fingerprint density at radius 2 is 1.20 bits per heavy atom. The molecule has 0 spiro atoms. The largest absolute Gasteiger partial charge is 0.488 e. The smallest absolute Gasteiger partial charge is 0.307 e. The summed E-state index contributed by atoms with van der Waals surface area (Å²) >= 11 is 13.6. The average Bonchev–Trinajstić information content (AvgIpc) is 3.31. The fraction of sp³-hybridized carbons (Fsp3) is 0.275. The minimum atomic E-state index is -0.792. The number of hydrogen-bond acceptors (Lipinski definition) is 10. The number of aliphatic carboxylic acids is 1. The van der Waals surface area contributed by atoms with Crippen LogP contribution in [-0.4, -0.2) is 39.0 Å². The molecular weight excluding hydrogens is 849 g/mol. The Morgan fingerprint density at radius 3 is 1.70 bits per heavy atom. The van der Waals surface area contributed by atoms with E-state index in [1.165, 1.54) is 12.4 Å². The molecule has 0 saturated carbocycles. The molecule has 2 aromatic heterocycles. The van der Waals surface area contributed by atoms with E-state index in [1.54, 1.807) is 30.6 Å². The molecule has 4 aromatic carbocycles. The van der Waals surface area contributed by atoms with Gasteiger partial charge in [-0.1, -0.05) is 66.5 Å². The first-order chi connectivity index (χ1) is 31.0. The summed E-state index contributed by atoms with van der Waals surface area (Å²) in [5.41, 5.74) is 10.3. The Kier molecular flexibility index (Phi) is 15.0. The number of aryl methyl sites for hydroxylation is 1. The van der Waals surface area contributed by atoms with Crippen LogP contribution in [-0.2, 0) is 44.2 Å². The van der Waals surface area contributed by atoms with Gasteiger partial charge in [-0.15, -0.1) is 0 Å². The first-order valence-corrected chi connectivity index (χ1v) is 21.8. The molecule has 1 N–H and O–H groups in total. The van der Waals surface area contributed by atoms with E-state index in [0.29, 0.717) is 70.1 Å². The predicted molar refractivity (Wildman–Crippen MR) is 245 cm³/mol. The molecule has 1 saturated heterocycles. The third-order valence-corrected chi connectivity index (χ3v) is 12.0. The Balaban J connectivity index is 1.07. The van der Waals surface area contributed by atoms with E-state index in [-0.39, 0.29) is 26.4 Å². The van der Waals surface area contributed by atoms with Gasteiger partial charge in [0.15, 0.2) is 0 Å². The Labute approximate surface area is 383 Å². The number of nitrogens with zero attached hydrogens (tertiary/aromatic N) is 5. The number of likely N-dealkylation sites (tertiary alicyclic amines) is 1. The lowest BCUT2D eigenvalue weighted by Crippen LogP contribution is -2.38. The average molecular weight is 897 g/mol. The highest BCUT2D eigenvalue weighted by Crippen LogP contribution is 2.38. The summed E-state index contributed by atoms with van der Waals surface area (Å²) in [6.07, 6.45) is 8.49. The molecule has 13 heteroatoms. The number of benzene rings is 4. The predicted octanol–water partition coefficient (Wildman–Crippen LogP) is 11.0. The monoisotopic (exact) mass is 895 g/mol. The minimum absolute atomic E-state index is 0.158. The second-order valence-electron chi connectivity index (χ2n) is 15.8. The number of rotatable bonds is 17. The standard InChI is InChI=1S/C51H47Cl2N5O6/c1-4-38-16-45(52)49(18-47(38)61-28-36-14-34(20-54)22-56-24-36)63-30-40-8-5-11-43(32(40)2)44-12-6-9-41(33(44)3)31-64-50-19-48(62-29-37-15-35(21-55)23-57-25-37)42(17-46(50)53)27-58-13-7-10-39(26-58)51(59)60/h5-6,8-9,11-12,14-19,22-25,39H,4,7,10,13,26-31H2,1-3H3,(H,59,60)/t39-/m0/s1. The molecule has 1 atom stereocenters. The van der Waals surface area contributed by atoms with Gasteiger partial charge in [0.2, 0.25) is 0 Å². The van der Waals surface area contributed by atoms with Gasteiger partial charge in [-0.25, -0.2) is 0 Å². The molecule has 1 aliphatic heterocycles. The van der Waals surface area contributed by atoms with E-state index < -0.39 is 11.9 Å². The summed E-state index contributed by atoms with van der Waals surface area (Å²) in [4.78, 5) is 22.2. The van der Waals surface area contributed by atoms with Crippen LogP contribution >= 0.6 is 23.2 Å². The summed E-state index contributed by atoms with van der Waals surface area (Å²) in [6, 6.07) is 27.3. The molecule has 0 bridgehead atoms. The van der Waals surface area contributed by atoms with Crippen LogP contribution in [0.15, 0.2) is 97.6 Å². The number of halogens is 2. The molecule has 0 amide bonds. The molecule has 326 valence electrons. The van der Waals surface area contributed by atoms with Crippen molar-refractivity contribution in [3.63, 3.8) is 0 Å². The van der Waals surface area contributed by atoms with E-state index in [0.717, 1.165) is 68.6 Å². The van der Waals surface area contributed by atoms with Crippen molar-refractivity contribution in [3.8, 4) is 46.3 Å². The second kappa shape index (κ2) is 21.2. The molecule has 0 unspecified atom stereocenters. The van der Waals surface area contributed by atoms with Crippen molar-refractivity contribution in [3.05, 3.63) is 163 Å². The van der Waals surface area contributed by atoms with Gasteiger partial charge in [0.05, 0.1) is 27.1 Å². The van der Waals surface area contributed by atoms with Gasteiger partial charge in [0.1, 0.15) is 61.6 Å². The van der Waals surface area contributed by atoms with Crippen LogP contribution in [0.2, 0.25) is 10.0 Å². The SMILES string of the molecule is CCc1cc(Cl)c(OCc2cccc(-c3cccc(COc4cc(OCc5cncc(C#N)c5)c(CN5CCC[C@H](C(=O)O)C5)cc4Cl)c3C)c2C)cc1OCc1cncc(C#N)c1. The highest BCUT2D eigenvalue weighted by molar-refractivity contribution is 6.32. The van der Waals surface area contributed by atoms with E-state index >= 15 is 0 Å². The Morgan fingerprint density at radius 1 is 0.703 bits per heavy atom. The Bertz CT molecular complexity index is 2750. The lowest BCUT2D eigenvalue weighted by Gasteiger charge is -2.31. The number of aromatic nitrogens is 2. The number of carboxylic acids is 1. The molecular formula is C51H47Cl2N5O6. The van der Waals surface area contributed by atoms with Gasteiger partial charge in [0, 0.05) is 66.7 Å². The summed E-state index contributed by atoms with van der Waals surface area (Å²) in [5, 5.41) is 29.3. The molecule has 3 heterocycles. The fourth-order valence-corrected chi connectivity index (χ4v) is 8.32. The third kappa shape index (κ3) is 11.1. The maximum Gasteiger partial charge on any atom is 0.307 e. The van der Waals surface area contributed by atoms with Gasteiger partial charge in [-0.05, 0) is 103 Å². The van der Waals surface area contributed by atoms with Gasteiger partial charge in [0.25, 0.3) is 0 Å². The summed E-state index contributed by atoms with van der Waals surface area (Å²) in [7, 11) is 0. The zero-order chi connectivity index (χ0) is 45.2. The number of carboxylic acid groups (broad SMARTS) is 1. The summed E-state index contributed by atoms with van der Waals surface area (Å²) < 4.78 is 25.3. The van der Waals surface area contributed by atoms with Crippen LogP contribution in [0.4, 0.5) is 0 Å². The van der Waals surface area contributed by atoms with Crippen molar-refractivity contribution in [1.29, 1.82) is 10.5 Å². The molecule has 11 nitrogen and oxygen atoms in total. The van der Waals surface area contributed by atoms with E-state index in [9.17, 15) is 20.4 Å². The van der Waals surface area contributed by atoms with Crippen LogP contribution < -0.4 is 18.9 Å². The molecule has 1 aliphatic rings. The zero-order valence-corrected chi connectivity index (χ0v) is 37.4. The molecule has 0 aliphatic carbocycles. The van der Waals surface area contributed by atoms with Crippen molar-refractivity contribution in [2.75, 3.05) is 13.1 Å². The lowest BCUT2D eigenvalue weighted by atomic mass is 9.92.